The molecular formula is C12H20N4O. The van der Waals surface area contributed by atoms with E-state index in [2.05, 4.69) is 29.2 Å². The number of nitrogens with one attached hydrogen (secondary N) is 1. The Bertz CT molecular complexity index is 406. The van der Waals surface area contributed by atoms with E-state index >= 15 is 0 Å². The van der Waals surface area contributed by atoms with E-state index in [1.54, 1.807) is 7.11 Å². The topological polar surface area (TPSA) is 73.1 Å². The Morgan fingerprint density at radius 3 is 2.65 bits per heavy atom. The van der Waals surface area contributed by atoms with Crippen molar-refractivity contribution in [2.75, 3.05) is 12.5 Å². The van der Waals surface area contributed by atoms with Gasteiger partial charge in [0.05, 0.1) is 0 Å². The zero-order chi connectivity index (χ0) is 12.4. The highest BCUT2D eigenvalue weighted by atomic mass is 16.5. The maximum atomic E-state index is 5.53. The molecule has 1 aliphatic rings. The zero-order valence-corrected chi connectivity index (χ0v) is 10.7. The van der Waals surface area contributed by atoms with Crippen LogP contribution in [0.25, 0.3) is 0 Å². The number of ether oxygens (including phenoxy) is 1. The predicted octanol–water partition coefficient (Wildman–Crippen LogP) is 1.59. The molecule has 1 aliphatic carbocycles. The minimum atomic E-state index is -0.0759. The fourth-order valence-electron chi connectivity index (χ4n) is 2.37. The molecule has 0 amide bonds. The average molecular weight is 236 g/mol. The van der Waals surface area contributed by atoms with Crippen molar-refractivity contribution in [3.05, 3.63) is 17.1 Å². The third-order valence-corrected chi connectivity index (χ3v) is 3.20. The van der Waals surface area contributed by atoms with Gasteiger partial charge < -0.3 is 10.2 Å². The Morgan fingerprint density at radius 1 is 1.29 bits per heavy atom. The Balaban J connectivity index is 2.42. The lowest BCUT2D eigenvalue weighted by atomic mass is 10.1. The van der Waals surface area contributed by atoms with Crippen molar-refractivity contribution < 1.29 is 4.74 Å². The van der Waals surface area contributed by atoms with Gasteiger partial charge in [-0.05, 0) is 25.2 Å². The van der Waals surface area contributed by atoms with Crippen LogP contribution in [0.2, 0.25) is 0 Å². The van der Waals surface area contributed by atoms with Crippen LogP contribution in [0.1, 0.15) is 43.5 Å². The summed E-state index contributed by atoms with van der Waals surface area (Å²) in [5.74, 6) is 7.35. The first-order chi connectivity index (χ1) is 8.17. The van der Waals surface area contributed by atoms with Gasteiger partial charge in [-0.25, -0.2) is 15.8 Å². The average Bonchev–Trinajstić information content (AvgIpc) is 2.76. The minimum Gasteiger partial charge on any atom is -0.373 e. The maximum Gasteiger partial charge on any atom is 0.160 e. The van der Waals surface area contributed by atoms with Crippen molar-refractivity contribution in [3.8, 4) is 0 Å². The van der Waals surface area contributed by atoms with Gasteiger partial charge in [0.1, 0.15) is 11.9 Å². The van der Waals surface area contributed by atoms with Crippen molar-refractivity contribution in [3.63, 3.8) is 0 Å². The monoisotopic (exact) mass is 236 g/mol. The van der Waals surface area contributed by atoms with Gasteiger partial charge in [0.2, 0.25) is 0 Å². The van der Waals surface area contributed by atoms with Crippen LogP contribution >= 0.6 is 0 Å². The second kappa shape index (κ2) is 4.98. The standard InChI is InChI=1S/C12H20N4O/c1-7(2)10(17-3)12-14-9-6-4-5-8(9)11(15-12)16-13/h7,10H,4-6,13H2,1-3H3,(H,14,15,16). The SMILES string of the molecule is COC(c1nc2c(c(NN)n1)CCC2)C(C)C. The molecule has 0 aromatic carbocycles. The normalized spacial score (nSPS) is 16.1. The predicted molar refractivity (Wildman–Crippen MR) is 66.5 cm³/mol. The molecule has 0 saturated heterocycles. The molecule has 0 fully saturated rings. The molecule has 3 N–H and O–H groups in total. The highest BCUT2D eigenvalue weighted by molar-refractivity contribution is 5.48. The smallest absolute Gasteiger partial charge is 0.160 e. The van der Waals surface area contributed by atoms with Gasteiger partial charge in [-0.2, -0.15) is 0 Å². The Kier molecular flexibility index (Phi) is 3.59. The molecule has 1 aromatic rings. The van der Waals surface area contributed by atoms with Crippen molar-refractivity contribution in [2.45, 2.75) is 39.2 Å². The molecule has 0 bridgehead atoms. The van der Waals surface area contributed by atoms with E-state index in [-0.39, 0.29) is 6.10 Å². The number of hydrogen-bond donors (Lipinski definition) is 2. The Labute approximate surface area is 102 Å². The number of rotatable bonds is 4. The molecule has 0 aliphatic heterocycles. The van der Waals surface area contributed by atoms with Crippen molar-refractivity contribution in [1.29, 1.82) is 0 Å². The van der Waals surface area contributed by atoms with Crippen LogP contribution in [-0.2, 0) is 17.6 Å². The van der Waals surface area contributed by atoms with Gasteiger partial charge in [-0.3, -0.25) is 0 Å². The van der Waals surface area contributed by atoms with Crippen LogP contribution in [-0.4, -0.2) is 17.1 Å². The number of aromatic nitrogens is 2. The van der Waals surface area contributed by atoms with Gasteiger partial charge in [-0.15, -0.1) is 0 Å². The summed E-state index contributed by atoms with van der Waals surface area (Å²) >= 11 is 0. The largest absolute Gasteiger partial charge is 0.373 e. The minimum absolute atomic E-state index is 0.0759. The van der Waals surface area contributed by atoms with Crippen LogP contribution in [0, 0.1) is 5.92 Å². The summed E-state index contributed by atoms with van der Waals surface area (Å²) in [7, 11) is 1.69. The van der Waals surface area contributed by atoms with Gasteiger partial charge in [-0.1, -0.05) is 13.8 Å². The van der Waals surface area contributed by atoms with E-state index in [9.17, 15) is 0 Å². The molecule has 1 atom stereocenters. The molecule has 1 aromatic heterocycles. The number of methoxy groups -OCH3 is 1. The molecule has 5 nitrogen and oxygen atoms in total. The van der Waals surface area contributed by atoms with Crippen LogP contribution < -0.4 is 11.3 Å². The summed E-state index contributed by atoms with van der Waals surface area (Å²) in [6.07, 6.45) is 3.07. The summed E-state index contributed by atoms with van der Waals surface area (Å²) in [4.78, 5) is 9.11. The summed E-state index contributed by atoms with van der Waals surface area (Å²) in [6.45, 7) is 4.20. The molecule has 2 rings (SSSR count). The Hall–Kier alpha value is -1.20. The third-order valence-electron chi connectivity index (χ3n) is 3.20. The van der Waals surface area contributed by atoms with Crippen molar-refractivity contribution in [1.82, 2.24) is 9.97 Å². The first kappa shape index (κ1) is 12.3. The summed E-state index contributed by atoms with van der Waals surface area (Å²) in [5, 5.41) is 0. The van der Waals surface area contributed by atoms with E-state index in [4.69, 9.17) is 10.6 Å². The quantitative estimate of drug-likeness (QED) is 0.613. The van der Waals surface area contributed by atoms with E-state index in [0.717, 1.165) is 42.2 Å². The molecule has 94 valence electrons. The van der Waals surface area contributed by atoms with E-state index in [1.807, 2.05) is 0 Å². The van der Waals surface area contributed by atoms with Crippen LogP contribution in [0.4, 0.5) is 5.82 Å². The lowest BCUT2D eigenvalue weighted by molar-refractivity contribution is 0.0574. The number of nitrogens with two attached hydrogens (primary N) is 1. The number of hydrazine groups is 1. The highest BCUT2D eigenvalue weighted by Crippen LogP contribution is 2.29. The molecular weight excluding hydrogens is 216 g/mol. The van der Waals surface area contributed by atoms with Gasteiger partial charge in [0, 0.05) is 18.4 Å². The van der Waals surface area contributed by atoms with E-state index < -0.39 is 0 Å². The fourth-order valence-corrected chi connectivity index (χ4v) is 2.37. The van der Waals surface area contributed by atoms with Gasteiger partial charge >= 0.3 is 0 Å². The summed E-state index contributed by atoms with van der Waals surface area (Å²) in [5.41, 5.74) is 4.96. The molecule has 0 spiro atoms. The van der Waals surface area contributed by atoms with Gasteiger partial charge in [0.25, 0.3) is 0 Å². The lowest BCUT2D eigenvalue weighted by Crippen LogP contribution is -2.18. The fraction of sp³-hybridized carbons (Fsp3) is 0.667. The van der Waals surface area contributed by atoms with E-state index in [1.165, 1.54) is 0 Å². The summed E-state index contributed by atoms with van der Waals surface area (Å²) in [6, 6.07) is 0. The number of nitrogen functional groups attached to an aromatic ring is 1. The number of aryl methyl sites for hydroxylation is 1. The zero-order valence-electron chi connectivity index (χ0n) is 10.7. The summed E-state index contributed by atoms with van der Waals surface area (Å²) < 4.78 is 5.46. The van der Waals surface area contributed by atoms with E-state index in [0.29, 0.717) is 5.92 Å². The number of hydrogen-bond acceptors (Lipinski definition) is 5. The van der Waals surface area contributed by atoms with Crippen molar-refractivity contribution in [2.24, 2.45) is 11.8 Å². The number of fused-ring (bicyclic) bond motifs is 1. The molecule has 17 heavy (non-hydrogen) atoms. The molecule has 0 radical (unpaired) electrons. The first-order valence-electron chi connectivity index (χ1n) is 6.06. The highest BCUT2D eigenvalue weighted by Gasteiger charge is 2.24. The Morgan fingerprint density at radius 2 is 2.06 bits per heavy atom. The van der Waals surface area contributed by atoms with Crippen LogP contribution in [0.5, 0.6) is 0 Å². The second-order valence-corrected chi connectivity index (χ2v) is 4.75. The third kappa shape index (κ3) is 2.25. The van der Waals surface area contributed by atoms with Gasteiger partial charge in [0.15, 0.2) is 5.82 Å². The lowest BCUT2D eigenvalue weighted by Gasteiger charge is -2.19. The second-order valence-electron chi connectivity index (χ2n) is 4.75. The first-order valence-corrected chi connectivity index (χ1v) is 6.06. The van der Waals surface area contributed by atoms with Crippen LogP contribution in [0.3, 0.4) is 0 Å². The number of nitrogens with zero attached hydrogens (tertiary/aromatic N) is 2. The molecule has 1 unspecified atom stereocenters. The number of anilines is 1. The van der Waals surface area contributed by atoms with Crippen molar-refractivity contribution >= 4 is 5.82 Å². The molecule has 5 heteroatoms. The maximum absolute atomic E-state index is 5.53. The van der Waals surface area contributed by atoms with Crippen LogP contribution in [0.15, 0.2) is 0 Å². The molecule has 0 saturated carbocycles. The molecule has 1 heterocycles.